The van der Waals surface area contributed by atoms with Gasteiger partial charge in [-0.2, -0.15) is 0 Å². The van der Waals surface area contributed by atoms with E-state index in [-0.39, 0.29) is 0 Å². The Hall–Kier alpha value is -0.120. The normalized spacial score (nSPS) is 12.9. The number of hydrogen-bond acceptors (Lipinski definition) is 3. The zero-order valence-electron chi connectivity index (χ0n) is 4.13. The van der Waals surface area contributed by atoms with Gasteiger partial charge in [-0.05, 0) is 6.92 Å². The summed E-state index contributed by atoms with van der Waals surface area (Å²) >= 11 is 0. The Balaban J connectivity index is 3.54. The van der Waals surface area contributed by atoms with Crippen LogP contribution in [0.2, 0.25) is 0 Å². The van der Waals surface area contributed by atoms with Gasteiger partial charge in [0.05, 0.1) is 0 Å². The van der Waals surface area contributed by atoms with Crippen LogP contribution in [0, 0.1) is 12.8 Å². The van der Waals surface area contributed by atoms with Gasteiger partial charge in [0, 0.05) is 5.92 Å². The summed E-state index contributed by atoms with van der Waals surface area (Å²) in [5.41, 5.74) is 0. The summed E-state index contributed by atoms with van der Waals surface area (Å²) < 4.78 is 0. The van der Waals surface area contributed by atoms with Gasteiger partial charge in [-0.25, -0.2) is 0 Å². The van der Waals surface area contributed by atoms with Crippen LogP contribution in [0.5, 0.6) is 0 Å². The molecule has 0 aliphatic rings. The summed E-state index contributed by atoms with van der Waals surface area (Å²) in [6.45, 7) is 4.55. The molecule has 0 heterocycles. The Kier molecular flexibility index (Phi) is 1.75. The Bertz CT molecular complexity index is 52.4. The molecule has 1 unspecified atom stereocenters. The van der Waals surface area contributed by atoms with E-state index in [1.165, 1.54) is 6.92 Å². The maximum atomic E-state index is 8.14. The third-order valence-corrected chi connectivity index (χ3v) is 0.661. The van der Waals surface area contributed by atoms with Gasteiger partial charge in [-0.15, -0.1) is 0 Å². The molecule has 1 radical (unpaired) electrons. The van der Waals surface area contributed by atoms with E-state index in [1.54, 1.807) is 0 Å². The summed E-state index contributed by atoms with van der Waals surface area (Å²) in [6, 6.07) is 0. The lowest BCUT2D eigenvalue weighted by atomic mass is 10.2. The van der Waals surface area contributed by atoms with Crippen molar-refractivity contribution in [2.75, 3.05) is 0 Å². The van der Waals surface area contributed by atoms with Gasteiger partial charge >= 0.3 is 0 Å². The second-order valence-electron chi connectivity index (χ2n) is 1.59. The van der Waals surface area contributed by atoms with E-state index < -0.39 is 11.9 Å². The number of aliphatic hydroxyl groups is 3. The first-order valence-corrected chi connectivity index (χ1v) is 1.95. The van der Waals surface area contributed by atoms with Crippen LogP contribution in [-0.4, -0.2) is 21.3 Å². The molecule has 0 rings (SSSR count). The molecule has 0 spiro atoms. The molecule has 0 aromatic heterocycles. The quantitative estimate of drug-likeness (QED) is 0.378. The summed E-state index contributed by atoms with van der Waals surface area (Å²) in [4.78, 5) is 0. The molecule has 0 aliphatic carbocycles. The molecule has 0 aromatic carbocycles. The first kappa shape index (κ1) is 6.88. The average Bonchev–Trinajstić information content (AvgIpc) is 1.31. The minimum Gasteiger partial charge on any atom is -0.343 e. The lowest BCUT2D eigenvalue weighted by Gasteiger charge is -2.16. The highest BCUT2D eigenvalue weighted by Gasteiger charge is 2.22. The minimum atomic E-state index is -2.61. The van der Waals surface area contributed by atoms with Crippen molar-refractivity contribution in [3.63, 3.8) is 0 Å². The fourth-order valence-corrected chi connectivity index (χ4v) is 0. The first-order chi connectivity index (χ1) is 2.94. The van der Waals surface area contributed by atoms with Crippen molar-refractivity contribution in [2.45, 2.75) is 12.9 Å². The van der Waals surface area contributed by atoms with Crippen LogP contribution in [0.3, 0.4) is 0 Å². The van der Waals surface area contributed by atoms with Gasteiger partial charge in [0.2, 0.25) is 0 Å². The highest BCUT2D eigenvalue weighted by atomic mass is 16.7. The van der Waals surface area contributed by atoms with E-state index in [0.29, 0.717) is 0 Å². The molecule has 0 saturated carbocycles. The SMILES string of the molecule is [CH2]C(C)C(O)(O)O. The largest absolute Gasteiger partial charge is 0.343 e. The van der Waals surface area contributed by atoms with Crippen LogP contribution < -0.4 is 0 Å². The van der Waals surface area contributed by atoms with E-state index in [1.807, 2.05) is 0 Å². The van der Waals surface area contributed by atoms with E-state index in [2.05, 4.69) is 6.92 Å². The molecular weight excluding hydrogens is 96.0 g/mol. The van der Waals surface area contributed by atoms with E-state index in [9.17, 15) is 0 Å². The standard InChI is InChI=1S/C4H9O3/c1-3(2)4(5,6)7/h3,5-7H,1H2,2H3. The van der Waals surface area contributed by atoms with Crippen molar-refractivity contribution in [3.05, 3.63) is 6.92 Å². The lowest BCUT2D eigenvalue weighted by Crippen LogP contribution is -2.33. The summed E-state index contributed by atoms with van der Waals surface area (Å²) in [7, 11) is 0. The predicted octanol–water partition coefficient (Wildman–Crippen LogP) is -0.913. The maximum absolute atomic E-state index is 8.14. The molecular formula is C4H9O3. The predicted molar refractivity (Wildman–Crippen MR) is 23.9 cm³/mol. The van der Waals surface area contributed by atoms with Gasteiger partial charge < -0.3 is 15.3 Å². The van der Waals surface area contributed by atoms with Crippen molar-refractivity contribution in [3.8, 4) is 0 Å². The molecule has 0 amide bonds. The summed E-state index contributed by atoms with van der Waals surface area (Å²) in [5.74, 6) is -3.40. The smallest absolute Gasteiger partial charge is 0.277 e. The number of hydrogen-bond donors (Lipinski definition) is 3. The van der Waals surface area contributed by atoms with Crippen molar-refractivity contribution < 1.29 is 15.3 Å². The Morgan fingerprint density at radius 1 is 1.43 bits per heavy atom. The molecule has 3 N–H and O–H groups in total. The molecule has 1 atom stereocenters. The molecule has 0 fully saturated rings. The van der Waals surface area contributed by atoms with Crippen molar-refractivity contribution in [2.24, 2.45) is 5.92 Å². The second-order valence-corrected chi connectivity index (χ2v) is 1.59. The summed E-state index contributed by atoms with van der Waals surface area (Å²) in [6.07, 6.45) is 0. The third-order valence-electron chi connectivity index (χ3n) is 0.661. The molecule has 3 nitrogen and oxygen atoms in total. The van der Waals surface area contributed by atoms with Crippen molar-refractivity contribution in [1.29, 1.82) is 0 Å². The van der Waals surface area contributed by atoms with Crippen molar-refractivity contribution in [1.82, 2.24) is 0 Å². The van der Waals surface area contributed by atoms with E-state index in [0.717, 1.165) is 0 Å². The van der Waals surface area contributed by atoms with Gasteiger partial charge in [0.15, 0.2) is 0 Å². The Labute approximate surface area is 42.2 Å². The van der Waals surface area contributed by atoms with Gasteiger partial charge in [0.1, 0.15) is 0 Å². The molecule has 43 valence electrons. The molecule has 7 heavy (non-hydrogen) atoms. The third kappa shape index (κ3) is 2.56. The maximum Gasteiger partial charge on any atom is 0.277 e. The highest BCUT2D eigenvalue weighted by molar-refractivity contribution is 4.59. The Morgan fingerprint density at radius 3 is 1.57 bits per heavy atom. The molecule has 0 aromatic rings. The van der Waals surface area contributed by atoms with Gasteiger partial charge in [-0.3, -0.25) is 0 Å². The molecule has 0 saturated heterocycles. The second kappa shape index (κ2) is 1.78. The Morgan fingerprint density at radius 2 is 1.57 bits per heavy atom. The van der Waals surface area contributed by atoms with Crippen LogP contribution in [0.1, 0.15) is 6.92 Å². The van der Waals surface area contributed by atoms with E-state index >= 15 is 0 Å². The zero-order valence-corrected chi connectivity index (χ0v) is 4.13. The fraction of sp³-hybridized carbons (Fsp3) is 0.750. The van der Waals surface area contributed by atoms with Crippen LogP contribution in [0.4, 0.5) is 0 Å². The van der Waals surface area contributed by atoms with Crippen LogP contribution in [-0.2, 0) is 0 Å². The first-order valence-electron chi connectivity index (χ1n) is 1.95. The summed E-state index contributed by atoms with van der Waals surface area (Å²) in [5, 5.41) is 24.4. The van der Waals surface area contributed by atoms with Crippen LogP contribution in [0.25, 0.3) is 0 Å². The average molecular weight is 105 g/mol. The fourth-order valence-electron chi connectivity index (χ4n) is 0. The molecule has 3 heteroatoms. The lowest BCUT2D eigenvalue weighted by molar-refractivity contribution is -0.331. The highest BCUT2D eigenvalue weighted by Crippen LogP contribution is 2.06. The van der Waals surface area contributed by atoms with Gasteiger partial charge in [-0.1, -0.05) is 6.92 Å². The van der Waals surface area contributed by atoms with Crippen LogP contribution in [0.15, 0.2) is 0 Å². The molecule has 0 bridgehead atoms. The molecule has 0 aliphatic heterocycles. The zero-order chi connectivity index (χ0) is 6.08. The van der Waals surface area contributed by atoms with Crippen LogP contribution >= 0.6 is 0 Å². The van der Waals surface area contributed by atoms with Crippen molar-refractivity contribution >= 4 is 0 Å². The minimum absolute atomic E-state index is 0.785. The number of rotatable bonds is 1. The topological polar surface area (TPSA) is 60.7 Å². The monoisotopic (exact) mass is 105 g/mol. The van der Waals surface area contributed by atoms with E-state index in [4.69, 9.17) is 15.3 Å². The van der Waals surface area contributed by atoms with Gasteiger partial charge in [0.25, 0.3) is 5.97 Å².